The molecule has 0 saturated heterocycles. The number of carbonyl (C=O) groups excluding carboxylic acids is 2. The van der Waals surface area contributed by atoms with Crippen molar-refractivity contribution in [3.63, 3.8) is 0 Å². The molecule has 0 aromatic heterocycles. The largest absolute Gasteiger partial charge is 0.454 e. The fraction of sp³-hybridized carbons (Fsp3) is 0.263. The number of halogens is 1. The van der Waals surface area contributed by atoms with Crippen molar-refractivity contribution in [1.82, 2.24) is 4.31 Å². The van der Waals surface area contributed by atoms with Gasteiger partial charge in [-0.25, -0.2) is 17.6 Å². The highest BCUT2D eigenvalue weighted by molar-refractivity contribution is 7.89. The first-order chi connectivity index (χ1) is 12.6. The third-order valence-electron chi connectivity index (χ3n) is 3.97. The summed E-state index contributed by atoms with van der Waals surface area (Å²) in [6, 6.07) is 10.0. The highest BCUT2D eigenvalue weighted by Gasteiger charge is 2.24. The number of sulfonamides is 1. The van der Waals surface area contributed by atoms with Crippen molar-refractivity contribution in [2.75, 3.05) is 13.7 Å². The molecule has 0 fully saturated rings. The summed E-state index contributed by atoms with van der Waals surface area (Å²) in [5.41, 5.74) is 0.222. The van der Waals surface area contributed by atoms with Crippen LogP contribution < -0.4 is 0 Å². The predicted octanol–water partition coefficient (Wildman–Crippen LogP) is 2.89. The van der Waals surface area contributed by atoms with E-state index in [-0.39, 0.29) is 22.1 Å². The quantitative estimate of drug-likeness (QED) is 0.534. The molecule has 2 aromatic rings. The summed E-state index contributed by atoms with van der Waals surface area (Å²) in [5.74, 6) is -1.80. The van der Waals surface area contributed by atoms with Gasteiger partial charge >= 0.3 is 5.97 Å². The van der Waals surface area contributed by atoms with Crippen molar-refractivity contribution in [2.24, 2.45) is 0 Å². The lowest BCUT2D eigenvalue weighted by Crippen LogP contribution is -2.33. The molecule has 0 amide bonds. The highest BCUT2D eigenvalue weighted by atomic mass is 32.2. The van der Waals surface area contributed by atoms with E-state index < -0.39 is 34.2 Å². The van der Waals surface area contributed by atoms with Crippen LogP contribution in [-0.2, 0) is 14.8 Å². The summed E-state index contributed by atoms with van der Waals surface area (Å²) in [6.07, 6.45) is 0. The smallest absolute Gasteiger partial charge is 0.338 e. The normalized spacial score (nSPS) is 11.6. The third kappa shape index (κ3) is 4.99. The highest BCUT2D eigenvalue weighted by Crippen LogP contribution is 2.18. The lowest BCUT2D eigenvalue weighted by molar-refractivity contribution is 0.0474. The molecule has 8 heteroatoms. The van der Waals surface area contributed by atoms with Gasteiger partial charge in [0.15, 0.2) is 12.4 Å². The molecule has 0 aliphatic rings. The van der Waals surface area contributed by atoms with Gasteiger partial charge in [-0.3, -0.25) is 4.79 Å². The van der Waals surface area contributed by atoms with Gasteiger partial charge in [0.1, 0.15) is 5.82 Å². The number of ketones is 1. The SMILES string of the molecule is CC(C)N(C)S(=O)(=O)c1cccc(C(=O)OCC(=O)c2ccc(F)cc2)c1. The van der Waals surface area contributed by atoms with Gasteiger partial charge in [0.25, 0.3) is 0 Å². The van der Waals surface area contributed by atoms with E-state index >= 15 is 0 Å². The molecule has 0 spiro atoms. The average Bonchev–Trinajstić information content (AvgIpc) is 2.65. The number of rotatable bonds is 7. The van der Waals surface area contributed by atoms with E-state index in [1.165, 1.54) is 47.8 Å². The molecular weight excluding hydrogens is 373 g/mol. The van der Waals surface area contributed by atoms with Crippen molar-refractivity contribution in [2.45, 2.75) is 24.8 Å². The van der Waals surface area contributed by atoms with Crippen molar-refractivity contribution >= 4 is 21.8 Å². The topological polar surface area (TPSA) is 80.8 Å². The van der Waals surface area contributed by atoms with E-state index in [2.05, 4.69) is 0 Å². The Morgan fingerprint density at radius 1 is 1.07 bits per heavy atom. The van der Waals surface area contributed by atoms with Gasteiger partial charge in [0.05, 0.1) is 10.5 Å². The fourth-order valence-electron chi connectivity index (χ4n) is 2.16. The van der Waals surface area contributed by atoms with Gasteiger partial charge in [-0.1, -0.05) is 6.07 Å². The van der Waals surface area contributed by atoms with Gasteiger partial charge in [0, 0.05) is 18.7 Å². The van der Waals surface area contributed by atoms with Crippen molar-refractivity contribution < 1.29 is 27.1 Å². The molecular formula is C19H20FNO5S. The zero-order valence-electron chi connectivity index (χ0n) is 15.2. The van der Waals surface area contributed by atoms with Crippen molar-refractivity contribution in [1.29, 1.82) is 0 Å². The number of Topliss-reactive ketones (excluding diaryl/α,β-unsaturated/α-hetero) is 1. The van der Waals surface area contributed by atoms with E-state index in [1.54, 1.807) is 13.8 Å². The molecule has 6 nitrogen and oxygen atoms in total. The van der Waals surface area contributed by atoms with Crippen LogP contribution in [0.15, 0.2) is 53.4 Å². The molecule has 0 N–H and O–H groups in total. The Bertz CT molecular complexity index is 939. The Hall–Kier alpha value is -2.58. The molecule has 0 aliphatic carbocycles. The molecule has 0 atom stereocenters. The molecule has 0 saturated carbocycles. The van der Waals surface area contributed by atoms with Gasteiger partial charge in [-0.15, -0.1) is 0 Å². The summed E-state index contributed by atoms with van der Waals surface area (Å²) in [7, 11) is -2.30. The lowest BCUT2D eigenvalue weighted by atomic mass is 10.1. The Balaban J connectivity index is 2.11. The van der Waals surface area contributed by atoms with Gasteiger partial charge in [0.2, 0.25) is 10.0 Å². The van der Waals surface area contributed by atoms with Crippen LogP contribution in [0.4, 0.5) is 4.39 Å². The predicted molar refractivity (Wildman–Crippen MR) is 97.5 cm³/mol. The van der Waals surface area contributed by atoms with Crippen molar-refractivity contribution in [3.05, 3.63) is 65.5 Å². The lowest BCUT2D eigenvalue weighted by Gasteiger charge is -2.21. The van der Waals surface area contributed by atoms with Crippen LogP contribution >= 0.6 is 0 Å². The second-order valence-electron chi connectivity index (χ2n) is 6.15. The van der Waals surface area contributed by atoms with Crippen LogP contribution in [0.1, 0.15) is 34.6 Å². The van der Waals surface area contributed by atoms with Gasteiger partial charge < -0.3 is 4.74 Å². The number of ether oxygens (including phenoxy) is 1. The van der Waals surface area contributed by atoms with E-state index in [9.17, 15) is 22.4 Å². The number of carbonyl (C=O) groups is 2. The first-order valence-corrected chi connectivity index (χ1v) is 9.61. The van der Waals surface area contributed by atoms with Crippen LogP contribution in [0, 0.1) is 5.82 Å². The molecule has 0 bridgehead atoms. The molecule has 144 valence electrons. The van der Waals surface area contributed by atoms with E-state index in [0.29, 0.717) is 0 Å². The zero-order chi connectivity index (χ0) is 20.2. The van der Waals surface area contributed by atoms with Gasteiger partial charge in [-0.05, 0) is 56.3 Å². The molecule has 0 aliphatic heterocycles. The second-order valence-corrected chi connectivity index (χ2v) is 8.15. The number of esters is 1. The summed E-state index contributed by atoms with van der Waals surface area (Å²) < 4.78 is 44.1. The molecule has 27 heavy (non-hydrogen) atoms. The van der Waals surface area contributed by atoms with Gasteiger partial charge in [-0.2, -0.15) is 4.31 Å². The Labute approximate surface area is 157 Å². The molecule has 0 unspecified atom stereocenters. The summed E-state index contributed by atoms with van der Waals surface area (Å²) in [4.78, 5) is 24.1. The van der Waals surface area contributed by atoms with Crippen LogP contribution in [0.5, 0.6) is 0 Å². The van der Waals surface area contributed by atoms with E-state index in [4.69, 9.17) is 4.74 Å². The number of benzene rings is 2. The first kappa shape index (κ1) is 20.7. The Morgan fingerprint density at radius 3 is 2.30 bits per heavy atom. The number of hydrogen-bond acceptors (Lipinski definition) is 5. The average molecular weight is 393 g/mol. The maximum absolute atomic E-state index is 12.9. The van der Waals surface area contributed by atoms with Crippen LogP contribution in [-0.4, -0.2) is 44.2 Å². The molecule has 2 rings (SSSR count). The third-order valence-corrected chi connectivity index (χ3v) is 6.00. The monoisotopic (exact) mass is 393 g/mol. The minimum atomic E-state index is -3.75. The second kappa shape index (κ2) is 8.41. The number of nitrogens with zero attached hydrogens (tertiary/aromatic N) is 1. The minimum absolute atomic E-state index is 0.0140. The Morgan fingerprint density at radius 2 is 1.70 bits per heavy atom. The Kier molecular flexibility index (Phi) is 6.45. The fourth-order valence-corrected chi connectivity index (χ4v) is 3.57. The first-order valence-electron chi connectivity index (χ1n) is 8.17. The summed E-state index contributed by atoms with van der Waals surface area (Å²) >= 11 is 0. The maximum atomic E-state index is 12.9. The van der Waals surface area contributed by atoms with E-state index in [1.807, 2.05) is 0 Å². The van der Waals surface area contributed by atoms with Crippen LogP contribution in [0.3, 0.4) is 0 Å². The van der Waals surface area contributed by atoms with Crippen LogP contribution in [0.25, 0.3) is 0 Å². The molecule has 0 radical (unpaired) electrons. The molecule has 0 heterocycles. The standard InChI is InChI=1S/C19H20FNO5S/c1-13(2)21(3)27(24,25)17-6-4-5-15(11-17)19(23)26-12-18(22)14-7-9-16(20)10-8-14/h4-11,13H,12H2,1-3H3. The maximum Gasteiger partial charge on any atom is 0.338 e. The number of hydrogen-bond donors (Lipinski definition) is 0. The van der Waals surface area contributed by atoms with Crippen LogP contribution in [0.2, 0.25) is 0 Å². The summed E-state index contributed by atoms with van der Waals surface area (Å²) in [5, 5.41) is 0. The minimum Gasteiger partial charge on any atom is -0.454 e. The molecule has 2 aromatic carbocycles. The zero-order valence-corrected chi connectivity index (χ0v) is 16.0. The van der Waals surface area contributed by atoms with Crippen molar-refractivity contribution in [3.8, 4) is 0 Å². The summed E-state index contributed by atoms with van der Waals surface area (Å²) in [6.45, 7) is 2.93. The van der Waals surface area contributed by atoms with E-state index in [0.717, 1.165) is 12.1 Å².